The molecule has 15 heteroatoms. The Hall–Kier alpha value is -6.12. The van der Waals surface area contributed by atoms with E-state index in [-0.39, 0.29) is 35.1 Å². The summed E-state index contributed by atoms with van der Waals surface area (Å²) < 4.78 is 0. The van der Waals surface area contributed by atoms with Crippen molar-refractivity contribution in [2.45, 2.75) is 25.6 Å². The predicted octanol–water partition coefficient (Wildman–Crippen LogP) is -1.32. The average molecular weight is 597 g/mol. The molecule has 0 spiro atoms. The fourth-order valence-corrected chi connectivity index (χ4v) is 4.95. The van der Waals surface area contributed by atoms with Gasteiger partial charge < -0.3 is 38.6 Å². The third-order valence-corrected chi connectivity index (χ3v) is 7.34. The first-order chi connectivity index (χ1) is 21.1. The Morgan fingerprint density at radius 2 is 1.64 bits per heavy atom. The second kappa shape index (κ2) is 12.0. The van der Waals surface area contributed by atoms with Crippen molar-refractivity contribution in [1.82, 2.24) is 20.6 Å². The number of benzene rings is 2. The number of nitrogens with two attached hydrogens (primary N) is 4. The Labute approximate surface area is 249 Å². The first-order valence-corrected chi connectivity index (χ1v) is 13.4. The van der Waals surface area contributed by atoms with Gasteiger partial charge in [-0.25, -0.2) is 9.97 Å². The SMILES string of the molecule is N/N=C(\N)c1ccc(C(NC(=O)c2cc(C(=O)NCc3ccc4c(c3)CN(c3c(N)c(=O)c3=O)CC4)ncn2)C(N)=O)cc1. The number of rotatable bonds is 9. The number of carbonyl (C=O) groups is 3. The van der Waals surface area contributed by atoms with E-state index in [2.05, 4.69) is 25.7 Å². The van der Waals surface area contributed by atoms with Crippen LogP contribution in [0.2, 0.25) is 0 Å². The van der Waals surface area contributed by atoms with Crippen LogP contribution in [0.3, 0.4) is 0 Å². The highest BCUT2D eigenvalue weighted by molar-refractivity contribution is 5.99. The number of aromatic nitrogens is 2. The molecule has 2 heterocycles. The van der Waals surface area contributed by atoms with Crippen LogP contribution in [0.5, 0.6) is 0 Å². The molecule has 44 heavy (non-hydrogen) atoms. The molecule has 10 N–H and O–H groups in total. The fourth-order valence-electron chi connectivity index (χ4n) is 4.95. The van der Waals surface area contributed by atoms with Gasteiger partial charge in [0.05, 0.1) is 0 Å². The minimum atomic E-state index is -1.20. The third kappa shape index (κ3) is 5.78. The average Bonchev–Trinajstić information content (AvgIpc) is 3.05. The van der Waals surface area contributed by atoms with Gasteiger partial charge in [0, 0.05) is 31.3 Å². The quantitative estimate of drug-likeness (QED) is 0.0434. The molecular weight excluding hydrogens is 568 g/mol. The van der Waals surface area contributed by atoms with Crippen molar-refractivity contribution in [3.05, 3.63) is 115 Å². The van der Waals surface area contributed by atoms with Crippen LogP contribution in [0.15, 0.2) is 69.5 Å². The molecule has 0 saturated carbocycles. The van der Waals surface area contributed by atoms with E-state index in [0.29, 0.717) is 30.6 Å². The Balaban J connectivity index is 1.23. The number of amidine groups is 1. The Morgan fingerprint density at radius 3 is 2.30 bits per heavy atom. The van der Waals surface area contributed by atoms with Gasteiger partial charge in [-0.3, -0.25) is 24.0 Å². The molecule has 0 radical (unpaired) electrons. The number of anilines is 2. The number of carbonyl (C=O) groups excluding carboxylic acids is 3. The van der Waals surface area contributed by atoms with E-state index in [1.165, 1.54) is 6.07 Å². The molecule has 3 amide bonds. The van der Waals surface area contributed by atoms with Gasteiger partial charge in [-0.15, -0.1) is 0 Å². The van der Waals surface area contributed by atoms with Gasteiger partial charge in [0.25, 0.3) is 22.7 Å². The lowest BCUT2D eigenvalue weighted by molar-refractivity contribution is -0.120. The summed E-state index contributed by atoms with van der Waals surface area (Å²) in [5.74, 6) is 3.15. The van der Waals surface area contributed by atoms with Crippen molar-refractivity contribution in [1.29, 1.82) is 0 Å². The standard InChI is InChI=1S/C29H28N10O5/c30-21-23(25(41)24(21)40)39-8-7-15-2-1-14(9-18(15)12-39)11-34-28(43)19-10-20(36-13-35-19)29(44)37-22(27(32)42)16-3-5-17(6-4-16)26(31)38-33/h1-6,9-10,13,22H,7-8,11-12,30,33H2,(H2,31,38)(H2,32,42)(H,34,43)(H,37,44). The van der Waals surface area contributed by atoms with Crippen LogP contribution in [0, 0.1) is 0 Å². The van der Waals surface area contributed by atoms with E-state index in [1.807, 2.05) is 18.2 Å². The predicted molar refractivity (Wildman–Crippen MR) is 161 cm³/mol. The van der Waals surface area contributed by atoms with Gasteiger partial charge in [0.2, 0.25) is 5.91 Å². The van der Waals surface area contributed by atoms with E-state index in [0.717, 1.165) is 23.0 Å². The number of hydrogen-bond donors (Lipinski definition) is 6. The van der Waals surface area contributed by atoms with Crippen LogP contribution in [-0.2, 0) is 24.3 Å². The molecule has 3 aromatic carbocycles. The van der Waals surface area contributed by atoms with Gasteiger partial charge in [0.15, 0.2) is 0 Å². The van der Waals surface area contributed by atoms with Crippen molar-refractivity contribution in [2.75, 3.05) is 17.2 Å². The first kappa shape index (κ1) is 29.4. The van der Waals surface area contributed by atoms with Crippen molar-refractivity contribution >= 4 is 34.9 Å². The molecule has 15 nitrogen and oxygen atoms in total. The van der Waals surface area contributed by atoms with Gasteiger partial charge >= 0.3 is 0 Å². The third-order valence-electron chi connectivity index (χ3n) is 7.34. The van der Waals surface area contributed by atoms with E-state index in [1.54, 1.807) is 29.2 Å². The van der Waals surface area contributed by atoms with Crippen LogP contribution < -0.4 is 49.4 Å². The molecule has 1 atom stereocenters. The smallest absolute Gasteiger partial charge is 0.270 e. The number of nitrogens with one attached hydrogen (secondary N) is 2. The number of amides is 3. The summed E-state index contributed by atoms with van der Waals surface area (Å²) in [6.07, 6.45) is 1.73. The van der Waals surface area contributed by atoms with Crippen LogP contribution in [0.4, 0.5) is 11.4 Å². The van der Waals surface area contributed by atoms with E-state index >= 15 is 0 Å². The topological polar surface area (TPSA) is 255 Å². The molecule has 1 aliphatic rings. The molecule has 1 aromatic heterocycles. The van der Waals surface area contributed by atoms with E-state index in [9.17, 15) is 24.0 Å². The molecule has 0 aliphatic carbocycles. The first-order valence-electron chi connectivity index (χ1n) is 13.4. The molecule has 0 bridgehead atoms. The highest BCUT2D eigenvalue weighted by atomic mass is 16.2. The zero-order valence-electron chi connectivity index (χ0n) is 23.2. The summed E-state index contributed by atoms with van der Waals surface area (Å²) in [6.45, 7) is 1.12. The fraction of sp³-hybridized carbons (Fsp3) is 0.172. The lowest BCUT2D eigenvalue weighted by Gasteiger charge is -2.32. The number of nitrogens with zero attached hydrogens (tertiary/aromatic N) is 4. The van der Waals surface area contributed by atoms with Gasteiger partial charge in [-0.1, -0.05) is 42.5 Å². The molecular formula is C29H28N10O5. The zero-order chi connectivity index (χ0) is 31.5. The molecule has 224 valence electrons. The highest BCUT2D eigenvalue weighted by Crippen LogP contribution is 2.26. The maximum absolute atomic E-state index is 13.0. The van der Waals surface area contributed by atoms with E-state index in [4.69, 9.17) is 23.0 Å². The second-order valence-electron chi connectivity index (χ2n) is 10.1. The number of fused-ring (bicyclic) bond motifs is 1. The van der Waals surface area contributed by atoms with E-state index < -0.39 is 34.6 Å². The van der Waals surface area contributed by atoms with Gasteiger partial charge in [-0.2, -0.15) is 5.10 Å². The largest absolute Gasteiger partial charge is 0.394 e. The number of hydrazone groups is 1. The van der Waals surface area contributed by atoms with Crippen molar-refractivity contribution < 1.29 is 14.4 Å². The maximum atomic E-state index is 13.0. The number of primary amides is 1. The van der Waals surface area contributed by atoms with Gasteiger partial charge in [0.1, 0.15) is 41.0 Å². The van der Waals surface area contributed by atoms with Crippen molar-refractivity contribution in [3.63, 3.8) is 0 Å². The highest BCUT2D eigenvalue weighted by Gasteiger charge is 2.27. The molecule has 5 rings (SSSR count). The summed E-state index contributed by atoms with van der Waals surface area (Å²) in [7, 11) is 0. The summed E-state index contributed by atoms with van der Waals surface area (Å²) in [6, 6.07) is 12.0. The van der Waals surface area contributed by atoms with Crippen LogP contribution in [0.1, 0.15) is 54.8 Å². The summed E-state index contributed by atoms with van der Waals surface area (Å²) in [5.41, 5.74) is 19.5. The second-order valence-corrected chi connectivity index (χ2v) is 10.1. The van der Waals surface area contributed by atoms with Crippen molar-refractivity contribution in [2.24, 2.45) is 22.4 Å². The Kier molecular flexibility index (Phi) is 8.02. The lowest BCUT2D eigenvalue weighted by atomic mass is 9.96. The van der Waals surface area contributed by atoms with Gasteiger partial charge in [-0.05, 0) is 28.7 Å². The zero-order valence-corrected chi connectivity index (χ0v) is 23.2. The maximum Gasteiger partial charge on any atom is 0.270 e. The monoisotopic (exact) mass is 596 g/mol. The summed E-state index contributed by atoms with van der Waals surface area (Å²) in [5, 5.41) is 8.68. The summed E-state index contributed by atoms with van der Waals surface area (Å²) >= 11 is 0. The summed E-state index contributed by atoms with van der Waals surface area (Å²) in [4.78, 5) is 71.2. The van der Waals surface area contributed by atoms with Crippen LogP contribution in [0.25, 0.3) is 0 Å². The molecule has 4 aromatic rings. The minimum Gasteiger partial charge on any atom is -0.394 e. The normalized spacial score (nSPS) is 13.6. The number of nitrogen functional groups attached to an aromatic ring is 1. The molecule has 0 saturated heterocycles. The molecule has 0 fully saturated rings. The molecule has 1 unspecified atom stereocenters. The minimum absolute atomic E-state index is 0.0112. The Morgan fingerprint density at radius 1 is 0.932 bits per heavy atom. The Bertz CT molecular complexity index is 1880. The van der Waals surface area contributed by atoms with Crippen molar-refractivity contribution in [3.8, 4) is 0 Å². The van der Waals surface area contributed by atoms with Crippen LogP contribution >= 0.6 is 0 Å². The number of hydrogen-bond acceptors (Lipinski definition) is 11. The molecule has 1 aliphatic heterocycles. The van der Waals surface area contributed by atoms with Crippen LogP contribution in [-0.4, -0.2) is 40.1 Å². The lowest BCUT2D eigenvalue weighted by Crippen LogP contribution is -2.44.